The van der Waals surface area contributed by atoms with E-state index in [2.05, 4.69) is 0 Å². The molecule has 0 aliphatic carbocycles. The van der Waals surface area contributed by atoms with Crippen LogP contribution in [-0.2, 0) is 14.3 Å². The van der Waals surface area contributed by atoms with Gasteiger partial charge in [0.25, 0.3) is 0 Å². The highest BCUT2D eigenvalue weighted by atomic mass is 35.5. The molecule has 1 aliphatic rings. The molecule has 1 unspecified atom stereocenters. The van der Waals surface area contributed by atoms with Crippen LogP contribution in [0.3, 0.4) is 0 Å². The predicted octanol–water partition coefficient (Wildman–Crippen LogP) is 2.10. The summed E-state index contributed by atoms with van der Waals surface area (Å²) in [5.74, 6) is -1.12. The lowest BCUT2D eigenvalue weighted by molar-refractivity contribution is -0.144. The van der Waals surface area contributed by atoms with Crippen LogP contribution in [0, 0.1) is 0 Å². The van der Waals surface area contributed by atoms with Crippen LogP contribution in [0.2, 0.25) is 5.02 Å². The third-order valence-corrected chi connectivity index (χ3v) is 3.57. The zero-order valence-electron chi connectivity index (χ0n) is 10.9. The first kappa shape index (κ1) is 14.8. The Morgan fingerprint density at radius 1 is 1.35 bits per heavy atom. The molecule has 1 fully saturated rings. The summed E-state index contributed by atoms with van der Waals surface area (Å²) in [7, 11) is 0. The lowest BCUT2D eigenvalue weighted by Crippen LogP contribution is -2.42. The number of hydrogen-bond acceptors (Lipinski definition) is 3. The Bertz CT molecular complexity index is 506. The van der Waals surface area contributed by atoms with E-state index in [0.717, 1.165) is 5.56 Å². The fraction of sp³-hybridized carbons (Fsp3) is 0.429. The summed E-state index contributed by atoms with van der Waals surface area (Å²) in [5.41, 5.74) is 0.852. The summed E-state index contributed by atoms with van der Waals surface area (Å²) in [6.07, 6.45) is -0.386. The SMILES string of the molecule is O=C(O)CCC(=O)N1CCOC(c2ccccc2Cl)C1. The number of hydrogen-bond donors (Lipinski definition) is 1. The summed E-state index contributed by atoms with van der Waals surface area (Å²) in [6.45, 7) is 1.32. The number of carbonyl (C=O) groups excluding carboxylic acids is 1. The van der Waals surface area contributed by atoms with Gasteiger partial charge in [0, 0.05) is 23.6 Å². The number of morpholine rings is 1. The van der Waals surface area contributed by atoms with Crippen molar-refractivity contribution < 1.29 is 19.4 Å². The third kappa shape index (κ3) is 3.71. The van der Waals surface area contributed by atoms with Crippen molar-refractivity contribution in [1.29, 1.82) is 0 Å². The van der Waals surface area contributed by atoms with Crippen molar-refractivity contribution >= 4 is 23.5 Å². The molecule has 2 rings (SSSR count). The minimum atomic E-state index is -0.964. The number of benzene rings is 1. The van der Waals surface area contributed by atoms with Crippen LogP contribution in [0.1, 0.15) is 24.5 Å². The van der Waals surface area contributed by atoms with E-state index in [0.29, 0.717) is 24.7 Å². The van der Waals surface area contributed by atoms with Crippen LogP contribution in [0.5, 0.6) is 0 Å². The van der Waals surface area contributed by atoms with Gasteiger partial charge in [-0.25, -0.2) is 0 Å². The monoisotopic (exact) mass is 297 g/mol. The number of carbonyl (C=O) groups is 2. The molecule has 0 radical (unpaired) electrons. The number of nitrogens with zero attached hydrogens (tertiary/aromatic N) is 1. The number of halogens is 1. The second-order valence-electron chi connectivity index (χ2n) is 4.61. The van der Waals surface area contributed by atoms with Crippen LogP contribution < -0.4 is 0 Å². The number of aliphatic carboxylic acids is 1. The third-order valence-electron chi connectivity index (χ3n) is 3.22. The molecule has 1 aliphatic heterocycles. The van der Waals surface area contributed by atoms with Crippen molar-refractivity contribution in [2.24, 2.45) is 0 Å². The molecular formula is C14H16ClNO4. The van der Waals surface area contributed by atoms with Gasteiger partial charge in [0.1, 0.15) is 6.10 Å². The molecule has 1 saturated heterocycles. The molecule has 5 nitrogen and oxygen atoms in total. The quantitative estimate of drug-likeness (QED) is 0.924. The normalized spacial score (nSPS) is 18.9. The van der Waals surface area contributed by atoms with E-state index in [-0.39, 0.29) is 24.9 Å². The maximum absolute atomic E-state index is 11.9. The van der Waals surface area contributed by atoms with Crippen molar-refractivity contribution in [3.8, 4) is 0 Å². The summed E-state index contributed by atoms with van der Waals surface area (Å²) in [5, 5.41) is 9.22. The fourth-order valence-corrected chi connectivity index (χ4v) is 2.43. The van der Waals surface area contributed by atoms with E-state index in [1.165, 1.54) is 0 Å². The van der Waals surface area contributed by atoms with Gasteiger partial charge in [-0.1, -0.05) is 29.8 Å². The molecule has 20 heavy (non-hydrogen) atoms. The number of rotatable bonds is 4. The van der Waals surface area contributed by atoms with Crippen molar-refractivity contribution in [2.45, 2.75) is 18.9 Å². The maximum atomic E-state index is 11.9. The smallest absolute Gasteiger partial charge is 0.303 e. The average molecular weight is 298 g/mol. The molecule has 1 aromatic rings. The minimum Gasteiger partial charge on any atom is -0.481 e. The molecule has 6 heteroatoms. The molecule has 0 aromatic heterocycles. The molecule has 0 spiro atoms. The minimum absolute atomic E-state index is 0.0184. The van der Waals surface area contributed by atoms with Gasteiger partial charge in [0.15, 0.2) is 0 Å². The molecule has 1 N–H and O–H groups in total. The molecule has 1 atom stereocenters. The molecule has 108 valence electrons. The second-order valence-corrected chi connectivity index (χ2v) is 5.02. The first-order valence-corrected chi connectivity index (χ1v) is 6.81. The van der Waals surface area contributed by atoms with Crippen LogP contribution in [0.15, 0.2) is 24.3 Å². The second kappa shape index (κ2) is 6.72. The van der Waals surface area contributed by atoms with Gasteiger partial charge in [-0.3, -0.25) is 9.59 Å². The van der Waals surface area contributed by atoms with Crippen LogP contribution in [-0.4, -0.2) is 41.6 Å². The standard InChI is InChI=1S/C14H16ClNO4/c15-11-4-2-1-3-10(11)12-9-16(7-8-20-12)13(17)5-6-14(18)19/h1-4,12H,5-9H2,(H,18,19). The van der Waals surface area contributed by atoms with E-state index in [1.807, 2.05) is 18.2 Å². The van der Waals surface area contributed by atoms with Crippen LogP contribution >= 0.6 is 11.6 Å². The molecule has 1 amide bonds. The Labute approximate surface area is 122 Å². The molecular weight excluding hydrogens is 282 g/mol. The van der Waals surface area contributed by atoms with Gasteiger partial charge in [-0.15, -0.1) is 0 Å². The average Bonchev–Trinajstić information content (AvgIpc) is 2.45. The van der Waals surface area contributed by atoms with Crippen molar-refractivity contribution in [2.75, 3.05) is 19.7 Å². The van der Waals surface area contributed by atoms with Gasteiger partial charge in [-0.05, 0) is 6.07 Å². The number of ether oxygens (including phenoxy) is 1. The van der Waals surface area contributed by atoms with Gasteiger partial charge >= 0.3 is 5.97 Å². The molecule has 1 heterocycles. The number of amides is 1. The van der Waals surface area contributed by atoms with Crippen molar-refractivity contribution in [1.82, 2.24) is 4.90 Å². The summed E-state index contributed by atoms with van der Waals surface area (Å²) >= 11 is 6.13. The zero-order chi connectivity index (χ0) is 14.5. The maximum Gasteiger partial charge on any atom is 0.303 e. The Morgan fingerprint density at radius 2 is 2.10 bits per heavy atom. The van der Waals surface area contributed by atoms with Crippen molar-refractivity contribution in [3.63, 3.8) is 0 Å². The van der Waals surface area contributed by atoms with Gasteiger partial charge in [-0.2, -0.15) is 0 Å². The lowest BCUT2D eigenvalue weighted by atomic mass is 10.1. The summed E-state index contributed by atoms with van der Waals surface area (Å²) < 4.78 is 5.66. The number of carboxylic acids is 1. The Morgan fingerprint density at radius 3 is 2.80 bits per heavy atom. The Balaban J connectivity index is 2.00. The predicted molar refractivity (Wildman–Crippen MR) is 73.6 cm³/mol. The highest BCUT2D eigenvalue weighted by Crippen LogP contribution is 2.28. The Hall–Kier alpha value is -1.59. The lowest BCUT2D eigenvalue weighted by Gasteiger charge is -2.33. The van der Waals surface area contributed by atoms with E-state index < -0.39 is 5.97 Å². The zero-order valence-corrected chi connectivity index (χ0v) is 11.7. The van der Waals surface area contributed by atoms with E-state index in [9.17, 15) is 9.59 Å². The van der Waals surface area contributed by atoms with Gasteiger partial charge in [0.05, 0.1) is 19.6 Å². The van der Waals surface area contributed by atoms with E-state index in [4.69, 9.17) is 21.4 Å². The Kier molecular flexibility index (Phi) is 4.98. The first-order chi connectivity index (χ1) is 9.58. The van der Waals surface area contributed by atoms with Gasteiger partial charge < -0.3 is 14.7 Å². The summed E-state index contributed by atoms with van der Waals surface area (Å²) in [6, 6.07) is 7.36. The van der Waals surface area contributed by atoms with Crippen LogP contribution in [0.4, 0.5) is 0 Å². The fourth-order valence-electron chi connectivity index (χ4n) is 2.17. The van der Waals surface area contributed by atoms with E-state index in [1.54, 1.807) is 11.0 Å². The van der Waals surface area contributed by atoms with Crippen LogP contribution in [0.25, 0.3) is 0 Å². The summed E-state index contributed by atoms with van der Waals surface area (Å²) in [4.78, 5) is 24.1. The highest BCUT2D eigenvalue weighted by molar-refractivity contribution is 6.31. The molecule has 1 aromatic carbocycles. The highest BCUT2D eigenvalue weighted by Gasteiger charge is 2.26. The first-order valence-electron chi connectivity index (χ1n) is 6.43. The van der Waals surface area contributed by atoms with Crippen molar-refractivity contribution in [3.05, 3.63) is 34.9 Å². The van der Waals surface area contributed by atoms with E-state index >= 15 is 0 Å². The topological polar surface area (TPSA) is 66.8 Å². The largest absolute Gasteiger partial charge is 0.481 e. The molecule has 0 bridgehead atoms. The van der Waals surface area contributed by atoms with Gasteiger partial charge in [0.2, 0.25) is 5.91 Å². The molecule has 0 saturated carbocycles. The number of carboxylic acid groups (broad SMARTS) is 1.